The second-order valence-electron chi connectivity index (χ2n) is 2.62. The van der Waals surface area contributed by atoms with Crippen molar-refractivity contribution in [2.45, 2.75) is 12.9 Å². The van der Waals surface area contributed by atoms with Crippen molar-refractivity contribution in [3.63, 3.8) is 0 Å². The number of rotatable bonds is 2. The standard InChI is InChI=1S/C8H5BrF3N3O/c9-7-4(1-13)5(2-14)15-3-6(7)16-8(10,11)12/h3H,2,14H2. The maximum atomic E-state index is 12.0. The molecule has 0 saturated carbocycles. The number of aromatic nitrogens is 1. The fourth-order valence-electron chi connectivity index (χ4n) is 0.972. The van der Waals surface area contributed by atoms with Gasteiger partial charge >= 0.3 is 6.36 Å². The maximum absolute atomic E-state index is 12.0. The largest absolute Gasteiger partial charge is 0.573 e. The first kappa shape index (κ1) is 12.7. The number of hydrogen-bond donors (Lipinski definition) is 1. The highest BCUT2D eigenvalue weighted by molar-refractivity contribution is 9.10. The summed E-state index contributed by atoms with van der Waals surface area (Å²) >= 11 is 2.84. The minimum Gasteiger partial charge on any atom is -0.403 e. The third-order valence-electron chi connectivity index (χ3n) is 1.59. The predicted molar refractivity (Wildman–Crippen MR) is 51.2 cm³/mol. The molecule has 1 aromatic rings. The molecule has 1 heterocycles. The Kier molecular flexibility index (Phi) is 3.72. The summed E-state index contributed by atoms with van der Waals surface area (Å²) in [5, 5.41) is 8.74. The van der Waals surface area contributed by atoms with Gasteiger partial charge in [0, 0.05) is 6.54 Å². The number of hydrogen-bond acceptors (Lipinski definition) is 4. The van der Waals surface area contributed by atoms with Gasteiger partial charge in [0.15, 0.2) is 5.75 Å². The molecule has 16 heavy (non-hydrogen) atoms. The van der Waals surface area contributed by atoms with Crippen molar-refractivity contribution >= 4 is 15.9 Å². The van der Waals surface area contributed by atoms with Crippen LogP contribution < -0.4 is 10.5 Å². The molecular formula is C8H5BrF3N3O. The quantitative estimate of drug-likeness (QED) is 0.907. The minimum absolute atomic E-state index is 0.0478. The van der Waals surface area contributed by atoms with Gasteiger partial charge in [-0.3, -0.25) is 4.98 Å². The van der Waals surface area contributed by atoms with E-state index in [1.54, 1.807) is 6.07 Å². The molecule has 0 atom stereocenters. The Balaban J connectivity index is 3.21. The van der Waals surface area contributed by atoms with Crippen LogP contribution in [-0.2, 0) is 6.54 Å². The Morgan fingerprint density at radius 1 is 1.56 bits per heavy atom. The van der Waals surface area contributed by atoms with E-state index in [-0.39, 0.29) is 22.3 Å². The Morgan fingerprint density at radius 3 is 2.62 bits per heavy atom. The van der Waals surface area contributed by atoms with Crippen molar-refractivity contribution in [2.75, 3.05) is 0 Å². The highest BCUT2D eigenvalue weighted by Crippen LogP contribution is 2.33. The van der Waals surface area contributed by atoms with Gasteiger partial charge in [-0.15, -0.1) is 13.2 Å². The third kappa shape index (κ3) is 2.84. The van der Waals surface area contributed by atoms with Crippen molar-refractivity contribution in [2.24, 2.45) is 5.73 Å². The molecule has 4 nitrogen and oxygen atoms in total. The second-order valence-corrected chi connectivity index (χ2v) is 3.41. The molecule has 0 aliphatic rings. The summed E-state index contributed by atoms with van der Waals surface area (Å²) in [5.41, 5.74) is 5.41. The first-order chi connectivity index (χ1) is 7.39. The third-order valence-corrected chi connectivity index (χ3v) is 2.38. The summed E-state index contributed by atoms with van der Waals surface area (Å²) in [6, 6.07) is 1.70. The van der Waals surface area contributed by atoms with Crippen LogP contribution in [0.25, 0.3) is 0 Å². The molecule has 0 radical (unpaired) electrons. The lowest BCUT2D eigenvalue weighted by molar-refractivity contribution is -0.275. The monoisotopic (exact) mass is 295 g/mol. The van der Waals surface area contributed by atoms with E-state index in [9.17, 15) is 13.2 Å². The first-order valence-electron chi connectivity index (χ1n) is 3.92. The summed E-state index contributed by atoms with van der Waals surface area (Å²) in [4.78, 5) is 3.61. The zero-order valence-electron chi connectivity index (χ0n) is 7.68. The molecule has 2 N–H and O–H groups in total. The number of nitrogens with two attached hydrogens (primary N) is 1. The van der Waals surface area contributed by atoms with Crippen LogP contribution in [-0.4, -0.2) is 11.3 Å². The lowest BCUT2D eigenvalue weighted by Crippen LogP contribution is -2.18. The van der Waals surface area contributed by atoms with Crippen LogP contribution in [0.15, 0.2) is 10.7 Å². The molecule has 0 spiro atoms. The highest BCUT2D eigenvalue weighted by Gasteiger charge is 2.32. The van der Waals surface area contributed by atoms with Crippen LogP contribution in [0.5, 0.6) is 5.75 Å². The minimum atomic E-state index is -4.83. The topological polar surface area (TPSA) is 71.9 Å². The second kappa shape index (κ2) is 4.67. The van der Waals surface area contributed by atoms with Crippen molar-refractivity contribution in [1.82, 2.24) is 4.98 Å². The molecule has 1 rings (SSSR count). The molecule has 0 aliphatic heterocycles. The van der Waals surface area contributed by atoms with Crippen LogP contribution in [0, 0.1) is 11.3 Å². The lowest BCUT2D eigenvalue weighted by atomic mass is 10.2. The Bertz CT molecular complexity index is 441. The van der Waals surface area contributed by atoms with Gasteiger partial charge < -0.3 is 10.5 Å². The first-order valence-corrected chi connectivity index (χ1v) is 4.71. The summed E-state index contributed by atoms with van der Waals surface area (Å²) < 4.78 is 39.4. The van der Waals surface area contributed by atoms with E-state index < -0.39 is 12.1 Å². The van der Waals surface area contributed by atoms with Crippen LogP contribution in [0.4, 0.5) is 13.2 Å². The number of nitriles is 1. The summed E-state index contributed by atoms with van der Waals surface area (Å²) in [7, 11) is 0. The van der Waals surface area contributed by atoms with E-state index in [0.29, 0.717) is 0 Å². The van der Waals surface area contributed by atoms with Gasteiger partial charge in [-0.25, -0.2) is 0 Å². The number of pyridine rings is 1. The zero-order valence-corrected chi connectivity index (χ0v) is 9.26. The Morgan fingerprint density at radius 2 is 2.19 bits per heavy atom. The van der Waals surface area contributed by atoms with Gasteiger partial charge in [-0.1, -0.05) is 0 Å². The SMILES string of the molecule is N#Cc1c(CN)ncc(OC(F)(F)F)c1Br. The molecule has 0 aromatic carbocycles. The Labute approximate surface area is 97.0 Å². The van der Waals surface area contributed by atoms with E-state index in [1.807, 2.05) is 0 Å². The predicted octanol–water partition coefficient (Wildman–Crippen LogP) is 2.07. The van der Waals surface area contributed by atoms with E-state index >= 15 is 0 Å². The van der Waals surface area contributed by atoms with E-state index in [0.717, 1.165) is 6.20 Å². The maximum Gasteiger partial charge on any atom is 0.573 e. The average molecular weight is 296 g/mol. The molecule has 0 unspecified atom stereocenters. The van der Waals surface area contributed by atoms with Gasteiger partial charge in [-0.05, 0) is 15.9 Å². The fourth-order valence-corrected chi connectivity index (χ4v) is 1.47. The molecule has 0 fully saturated rings. The van der Waals surface area contributed by atoms with Crippen molar-refractivity contribution in [3.05, 3.63) is 21.9 Å². The molecule has 0 amide bonds. The summed E-state index contributed by atoms with van der Waals surface area (Å²) in [5.74, 6) is -0.568. The smallest absolute Gasteiger partial charge is 0.403 e. The van der Waals surface area contributed by atoms with Crippen LogP contribution >= 0.6 is 15.9 Å². The Hall–Kier alpha value is -1.33. The van der Waals surface area contributed by atoms with Crippen molar-refractivity contribution < 1.29 is 17.9 Å². The fraction of sp³-hybridized carbons (Fsp3) is 0.250. The molecule has 86 valence electrons. The normalized spacial score (nSPS) is 11.0. The number of ether oxygens (including phenoxy) is 1. The average Bonchev–Trinajstić information content (AvgIpc) is 2.19. The van der Waals surface area contributed by atoms with Crippen LogP contribution in [0.2, 0.25) is 0 Å². The molecular weight excluding hydrogens is 291 g/mol. The van der Waals surface area contributed by atoms with Gasteiger partial charge in [0.05, 0.1) is 21.9 Å². The molecule has 1 aromatic heterocycles. The van der Waals surface area contributed by atoms with E-state index in [2.05, 4.69) is 25.7 Å². The van der Waals surface area contributed by atoms with Crippen molar-refractivity contribution in [1.29, 1.82) is 5.26 Å². The summed E-state index contributed by atoms with van der Waals surface area (Å²) in [6.45, 7) is -0.0478. The van der Waals surface area contributed by atoms with Gasteiger partial charge in [0.1, 0.15) is 6.07 Å². The summed E-state index contributed by atoms with van der Waals surface area (Å²) in [6.07, 6.45) is -3.97. The zero-order chi connectivity index (χ0) is 12.3. The molecule has 0 aliphatic carbocycles. The molecule has 0 bridgehead atoms. The van der Waals surface area contributed by atoms with Crippen molar-refractivity contribution in [3.8, 4) is 11.8 Å². The lowest BCUT2D eigenvalue weighted by Gasteiger charge is -2.11. The molecule has 8 heteroatoms. The van der Waals surface area contributed by atoms with E-state index in [4.69, 9.17) is 11.0 Å². The molecule has 0 saturated heterocycles. The van der Waals surface area contributed by atoms with Crippen LogP contribution in [0.3, 0.4) is 0 Å². The highest BCUT2D eigenvalue weighted by atomic mass is 79.9. The van der Waals surface area contributed by atoms with E-state index in [1.165, 1.54) is 0 Å². The number of nitrogens with zero attached hydrogens (tertiary/aromatic N) is 2. The van der Waals surface area contributed by atoms with Gasteiger partial charge in [0.25, 0.3) is 0 Å². The van der Waals surface area contributed by atoms with Crippen LogP contribution in [0.1, 0.15) is 11.3 Å². The number of halogens is 4. The van der Waals surface area contributed by atoms with Gasteiger partial charge in [-0.2, -0.15) is 5.26 Å². The number of alkyl halides is 3. The van der Waals surface area contributed by atoms with Gasteiger partial charge in [0.2, 0.25) is 0 Å².